The number of halogens is 3. The van der Waals surface area contributed by atoms with E-state index in [0.29, 0.717) is 42.6 Å². The second-order valence-electron chi connectivity index (χ2n) is 7.09. The van der Waals surface area contributed by atoms with Crippen LogP contribution in [0.25, 0.3) is 0 Å². The lowest BCUT2D eigenvalue weighted by molar-refractivity contribution is 0.107. The molecule has 4 rings (SSSR count). The van der Waals surface area contributed by atoms with Gasteiger partial charge in [-0.3, -0.25) is 4.21 Å². The first-order valence-corrected chi connectivity index (χ1v) is 11.2. The van der Waals surface area contributed by atoms with Gasteiger partial charge in [0.2, 0.25) is 0 Å². The standard InChI is InChI=1S/C23H20ClF2NO2S/c24-20-2-1-3-21(26)19(20)13-27-10-11-30(28)23-9-6-17(12-22(23)27)15-29-14-16-4-7-18(25)8-5-16/h1-9,12H,10-11,13-15H2. The number of ether oxygens (including phenoxy) is 1. The van der Waals surface area contributed by atoms with Crippen molar-refractivity contribution >= 4 is 28.1 Å². The van der Waals surface area contributed by atoms with Crippen LogP contribution in [0.1, 0.15) is 16.7 Å². The van der Waals surface area contributed by atoms with Gasteiger partial charge >= 0.3 is 0 Å². The van der Waals surface area contributed by atoms with E-state index in [1.807, 2.05) is 23.1 Å². The van der Waals surface area contributed by atoms with Crippen molar-refractivity contribution in [1.29, 1.82) is 0 Å². The van der Waals surface area contributed by atoms with Gasteiger partial charge in [-0.15, -0.1) is 0 Å². The molecule has 1 aliphatic heterocycles. The molecule has 7 heteroatoms. The lowest BCUT2D eigenvalue weighted by Crippen LogP contribution is -2.33. The average molecular weight is 448 g/mol. The van der Waals surface area contributed by atoms with Crippen LogP contribution in [0.15, 0.2) is 65.6 Å². The fraction of sp³-hybridized carbons (Fsp3) is 0.217. The Labute approximate surface area is 181 Å². The normalized spacial score (nSPS) is 15.8. The maximum Gasteiger partial charge on any atom is 0.129 e. The SMILES string of the molecule is O=S1CCN(Cc2c(F)cccc2Cl)c2cc(COCc3ccc(F)cc3)ccc21. The Bertz CT molecular complexity index is 1060. The van der Waals surface area contributed by atoms with E-state index in [1.165, 1.54) is 18.2 Å². The van der Waals surface area contributed by atoms with Gasteiger partial charge in [0.15, 0.2) is 0 Å². The number of hydrogen-bond donors (Lipinski definition) is 0. The van der Waals surface area contributed by atoms with Crippen molar-refractivity contribution in [3.63, 3.8) is 0 Å². The van der Waals surface area contributed by atoms with Gasteiger partial charge in [-0.1, -0.05) is 35.9 Å². The molecule has 3 aromatic carbocycles. The molecule has 0 fully saturated rings. The summed E-state index contributed by atoms with van der Waals surface area (Å²) in [5.74, 6) is -0.148. The molecule has 1 atom stereocenters. The Morgan fingerprint density at radius 2 is 1.73 bits per heavy atom. The van der Waals surface area contributed by atoms with Crippen molar-refractivity contribution in [3.05, 3.63) is 94.0 Å². The third-order valence-electron chi connectivity index (χ3n) is 5.02. The summed E-state index contributed by atoms with van der Waals surface area (Å²) in [5.41, 5.74) is 3.03. The molecular weight excluding hydrogens is 428 g/mol. The highest BCUT2D eigenvalue weighted by Gasteiger charge is 2.24. The molecule has 0 saturated carbocycles. The molecular formula is C23H20ClF2NO2S. The minimum absolute atomic E-state index is 0.281. The smallest absolute Gasteiger partial charge is 0.129 e. The van der Waals surface area contributed by atoms with Crippen molar-refractivity contribution < 1.29 is 17.7 Å². The quantitative estimate of drug-likeness (QED) is 0.502. The molecule has 0 spiro atoms. The Hall–Kier alpha value is -2.28. The average Bonchev–Trinajstić information content (AvgIpc) is 2.74. The van der Waals surface area contributed by atoms with E-state index in [4.69, 9.17) is 16.3 Å². The van der Waals surface area contributed by atoms with Gasteiger partial charge in [0.1, 0.15) is 11.6 Å². The zero-order valence-corrected chi connectivity index (χ0v) is 17.7. The van der Waals surface area contributed by atoms with Crippen LogP contribution in [0.2, 0.25) is 5.02 Å². The number of benzene rings is 3. The molecule has 0 aromatic heterocycles. The maximum absolute atomic E-state index is 14.3. The molecule has 0 radical (unpaired) electrons. The van der Waals surface area contributed by atoms with E-state index in [2.05, 4.69) is 0 Å². The van der Waals surface area contributed by atoms with Crippen LogP contribution >= 0.6 is 11.6 Å². The molecule has 0 N–H and O–H groups in total. The first-order valence-electron chi connectivity index (χ1n) is 9.52. The summed E-state index contributed by atoms with van der Waals surface area (Å²) in [6.07, 6.45) is 0. The molecule has 156 valence electrons. The first kappa shape index (κ1) is 21.0. The van der Waals surface area contributed by atoms with Crippen molar-refractivity contribution in [1.82, 2.24) is 0 Å². The topological polar surface area (TPSA) is 29.5 Å². The third kappa shape index (κ3) is 4.72. The highest BCUT2D eigenvalue weighted by atomic mass is 35.5. The molecule has 1 unspecified atom stereocenters. The van der Waals surface area contributed by atoms with E-state index in [0.717, 1.165) is 21.7 Å². The second kappa shape index (κ2) is 9.25. The molecule has 1 aliphatic rings. The summed E-state index contributed by atoms with van der Waals surface area (Å²) in [5, 5.41) is 0.377. The van der Waals surface area contributed by atoms with Gasteiger partial charge < -0.3 is 9.64 Å². The molecule has 3 aromatic rings. The summed E-state index contributed by atoms with van der Waals surface area (Å²) >= 11 is 6.20. The monoisotopic (exact) mass is 447 g/mol. The Kier molecular flexibility index (Phi) is 6.46. The summed E-state index contributed by atoms with van der Waals surface area (Å²) in [6.45, 7) is 1.56. The van der Waals surface area contributed by atoms with Crippen LogP contribution in [-0.2, 0) is 35.3 Å². The van der Waals surface area contributed by atoms with E-state index in [9.17, 15) is 13.0 Å². The third-order valence-corrected chi connectivity index (χ3v) is 6.76. The zero-order valence-electron chi connectivity index (χ0n) is 16.1. The van der Waals surface area contributed by atoms with Crippen molar-refractivity contribution in [2.45, 2.75) is 24.7 Å². The lowest BCUT2D eigenvalue weighted by Gasteiger charge is -2.31. The molecule has 0 saturated heterocycles. The van der Waals surface area contributed by atoms with E-state index in [-0.39, 0.29) is 11.6 Å². The molecule has 1 heterocycles. The van der Waals surface area contributed by atoms with Crippen molar-refractivity contribution in [2.24, 2.45) is 0 Å². The molecule has 0 amide bonds. The second-order valence-corrected chi connectivity index (χ2v) is 9.04. The molecule has 0 aliphatic carbocycles. The predicted octanol–water partition coefficient (Wildman–Crippen LogP) is 5.46. The summed E-state index contributed by atoms with van der Waals surface area (Å²) < 4.78 is 45.5. The van der Waals surface area contributed by atoms with Gasteiger partial charge in [0, 0.05) is 29.4 Å². The predicted molar refractivity (Wildman–Crippen MR) is 115 cm³/mol. The lowest BCUT2D eigenvalue weighted by atomic mass is 10.1. The van der Waals surface area contributed by atoms with Gasteiger partial charge in [0.05, 0.1) is 34.6 Å². The van der Waals surface area contributed by atoms with Crippen LogP contribution in [0.5, 0.6) is 0 Å². The Balaban J connectivity index is 1.51. The number of nitrogens with zero attached hydrogens (tertiary/aromatic N) is 1. The highest BCUT2D eigenvalue weighted by molar-refractivity contribution is 7.85. The van der Waals surface area contributed by atoms with E-state index in [1.54, 1.807) is 24.3 Å². The summed E-state index contributed by atoms with van der Waals surface area (Å²) in [7, 11) is -1.10. The Morgan fingerprint density at radius 1 is 1.00 bits per heavy atom. The van der Waals surface area contributed by atoms with Crippen LogP contribution in [0.3, 0.4) is 0 Å². The van der Waals surface area contributed by atoms with Gasteiger partial charge in [-0.05, 0) is 47.5 Å². The largest absolute Gasteiger partial charge is 0.372 e. The number of fused-ring (bicyclic) bond motifs is 1. The zero-order chi connectivity index (χ0) is 21.1. The minimum Gasteiger partial charge on any atom is -0.372 e. The number of hydrogen-bond acceptors (Lipinski definition) is 3. The van der Waals surface area contributed by atoms with E-state index >= 15 is 0 Å². The van der Waals surface area contributed by atoms with E-state index < -0.39 is 10.8 Å². The van der Waals surface area contributed by atoms with Gasteiger partial charge in [-0.25, -0.2) is 8.78 Å². The van der Waals surface area contributed by atoms with Crippen LogP contribution in [0, 0.1) is 11.6 Å². The number of anilines is 1. The fourth-order valence-corrected chi connectivity index (χ4v) is 4.89. The van der Waals surface area contributed by atoms with Crippen LogP contribution < -0.4 is 4.90 Å². The minimum atomic E-state index is -1.10. The Morgan fingerprint density at radius 3 is 2.50 bits per heavy atom. The van der Waals surface area contributed by atoms with Crippen LogP contribution in [0.4, 0.5) is 14.5 Å². The number of rotatable bonds is 6. The molecule has 30 heavy (non-hydrogen) atoms. The van der Waals surface area contributed by atoms with Crippen LogP contribution in [-0.4, -0.2) is 16.5 Å². The van der Waals surface area contributed by atoms with Gasteiger partial charge in [-0.2, -0.15) is 0 Å². The van der Waals surface area contributed by atoms with Crippen molar-refractivity contribution in [3.8, 4) is 0 Å². The highest BCUT2D eigenvalue weighted by Crippen LogP contribution is 2.32. The first-order chi connectivity index (χ1) is 14.5. The maximum atomic E-state index is 14.3. The summed E-state index contributed by atoms with van der Waals surface area (Å²) in [4.78, 5) is 2.74. The summed E-state index contributed by atoms with van der Waals surface area (Å²) in [6, 6.07) is 16.5. The fourth-order valence-electron chi connectivity index (χ4n) is 3.42. The van der Waals surface area contributed by atoms with Gasteiger partial charge in [0.25, 0.3) is 0 Å². The molecule has 0 bridgehead atoms. The van der Waals surface area contributed by atoms with Crippen molar-refractivity contribution in [2.75, 3.05) is 17.2 Å². The molecule has 3 nitrogen and oxygen atoms in total.